The summed E-state index contributed by atoms with van der Waals surface area (Å²) in [4.78, 5) is 37.2. The highest BCUT2D eigenvalue weighted by Gasteiger charge is 2.60. The largest absolute Gasteiger partial charge is 0.362 e. The predicted octanol–water partition coefficient (Wildman–Crippen LogP) is -0.613. The highest BCUT2D eigenvalue weighted by Crippen LogP contribution is 2.35. The average Bonchev–Trinajstić information content (AvgIpc) is 2.99. The van der Waals surface area contributed by atoms with Crippen LogP contribution in [0.15, 0.2) is 24.3 Å². The number of nitrogens with two attached hydrogens (primary N) is 1. The van der Waals surface area contributed by atoms with Crippen molar-refractivity contribution in [3.8, 4) is 0 Å². The van der Waals surface area contributed by atoms with Gasteiger partial charge in [-0.25, -0.2) is 13.9 Å². The first kappa shape index (κ1) is 19.9. The van der Waals surface area contributed by atoms with Crippen LogP contribution >= 0.6 is 0 Å². The number of anilines is 2. The SMILES string of the molecule is NCCNC(=O)Nc1ccc(NC(=O)N2CC[C@@H]3[C@@H]2C(=O)N3S(=O)(=O)O)cc1. The van der Waals surface area contributed by atoms with Crippen LogP contribution in [0.25, 0.3) is 0 Å². The van der Waals surface area contributed by atoms with Crippen LogP contribution in [-0.2, 0) is 15.1 Å². The molecular weight excluding hydrogens is 392 g/mol. The molecule has 12 nitrogen and oxygen atoms in total. The van der Waals surface area contributed by atoms with Gasteiger partial charge in [0.1, 0.15) is 6.04 Å². The highest BCUT2D eigenvalue weighted by molar-refractivity contribution is 7.84. The normalized spacial score (nSPS) is 21.0. The van der Waals surface area contributed by atoms with Gasteiger partial charge in [0.2, 0.25) is 0 Å². The Hall–Kier alpha value is -2.90. The minimum Gasteiger partial charge on any atom is -0.337 e. The fourth-order valence-corrected chi connectivity index (χ4v) is 4.14. The Morgan fingerprint density at radius 1 is 1.18 bits per heavy atom. The summed E-state index contributed by atoms with van der Waals surface area (Å²) < 4.78 is 31.9. The van der Waals surface area contributed by atoms with E-state index in [1.807, 2.05) is 0 Å². The lowest BCUT2D eigenvalue weighted by Crippen LogP contribution is -2.68. The lowest BCUT2D eigenvalue weighted by Gasteiger charge is -2.42. The zero-order valence-electron chi connectivity index (χ0n) is 14.7. The van der Waals surface area contributed by atoms with Crippen molar-refractivity contribution >= 4 is 39.6 Å². The van der Waals surface area contributed by atoms with E-state index in [0.717, 1.165) is 0 Å². The van der Waals surface area contributed by atoms with E-state index in [2.05, 4.69) is 16.0 Å². The fraction of sp³-hybridized carbons (Fsp3) is 0.400. The number of hydrogen-bond donors (Lipinski definition) is 5. The van der Waals surface area contributed by atoms with Gasteiger partial charge in [0.25, 0.3) is 5.91 Å². The van der Waals surface area contributed by atoms with Gasteiger partial charge in [-0.2, -0.15) is 8.42 Å². The first-order valence-corrected chi connectivity index (χ1v) is 9.85. The standard InChI is InChI=1S/C15H20N6O6S/c16-6-7-17-14(23)18-9-1-3-10(4-2-9)19-15(24)20-8-5-11-12(20)13(22)21(11)28(25,26)27/h1-4,11-12H,5-8,16H2,(H,19,24)(H2,17,18,23)(H,25,26,27)/t11-,12-/m1/s1. The zero-order chi connectivity index (χ0) is 20.5. The Labute approximate surface area is 160 Å². The molecule has 0 bridgehead atoms. The molecule has 3 rings (SSSR count). The maximum absolute atomic E-state index is 12.4. The van der Waals surface area contributed by atoms with Crippen molar-refractivity contribution < 1.29 is 27.4 Å². The van der Waals surface area contributed by atoms with Gasteiger partial charge in [0.05, 0.1) is 6.04 Å². The molecule has 2 heterocycles. The minimum atomic E-state index is -4.62. The van der Waals surface area contributed by atoms with Crippen molar-refractivity contribution in [2.24, 2.45) is 5.73 Å². The predicted molar refractivity (Wildman–Crippen MR) is 98.8 cm³/mol. The number of benzene rings is 1. The van der Waals surface area contributed by atoms with Gasteiger partial charge in [-0.1, -0.05) is 0 Å². The summed E-state index contributed by atoms with van der Waals surface area (Å²) in [6.07, 6.45) is 0.254. The van der Waals surface area contributed by atoms with E-state index in [1.165, 1.54) is 4.90 Å². The molecule has 2 atom stereocenters. The number of urea groups is 2. The minimum absolute atomic E-state index is 0.180. The quantitative estimate of drug-likeness (QED) is 0.316. The van der Waals surface area contributed by atoms with Gasteiger partial charge in [0, 0.05) is 31.0 Å². The van der Waals surface area contributed by atoms with Crippen LogP contribution in [0.3, 0.4) is 0 Å². The number of nitrogens with one attached hydrogen (secondary N) is 3. The number of likely N-dealkylation sites (tertiary alicyclic amines) is 1. The Bertz CT molecular complexity index is 889. The first-order chi connectivity index (χ1) is 13.2. The van der Waals surface area contributed by atoms with Crippen LogP contribution in [0.5, 0.6) is 0 Å². The number of fused-ring (bicyclic) bond motifs is 1. The smallest absolute Gasteiger partial charge is 0.337 e. The molecule has 1 aromatic carbocycles. The van der Waals surface area contributed by atoms with Crippen LogP contribution < -0.4 is 21.7 Å². The summed E-state index contributed by atoms with van der Waals surface area (Å²) in [6.45, 7) is 0.840. The van der Waals surface area contributed by atoms with Gasteiger partial charge >= 0.3 is 22.4 Å². The molecule has 0 spiro atoms. The molecule has 0 radical (unpaired) electrons. The highest BCUT2D eigenvalue weighted by atomic mass is 32.2. The number of hydrogen-bond acceptors (Lipinski definition) is 6. The number of rotatable bonds is 5. The van der Waals surface area contributed by atoms with Gasteiger partial charge in [-0.05, 0) is 30.7 Å². The van der Waals surface area contributed by atoms with E-state index in [4.69, 9.17) is 10.3 Å². The second-order valence-electron chi connectivity index (χ2n) is 6.28. The Morgan fingerprint density at radius 2 is 1.79 bits per heavy atom. The zero-order valence-corrected chi connectivity index (χ0v) is 15.5. The first-order valence-electron chi connectivity index (χ1n) is 8.45. The summed E-state index contributed by atoms with van der Waals surface area (Å²) in [5, 5.41) is 7.77. The Morgan fingerprint density at radius 3 is 2.36 bits per heavy atom. The third kappa shape index (κ3) is 3.85. The van der Waals surface area contributed by atoms with Crippen LogP contribution in [-0.4, -0.2) is 71.9 Å². The second-order valence-corrected chi connectivity index (χ2v) is 7.57. The van der Waals surface area contributed by atoms with E-state index >= 15 is 0 Å². The molecule has 0 aliphatic carbocycles. The van der Waals surface area contributed by atoms with Crippen molar-refractivity contribution in [2.75, 3.05) is 30.3 Å². The topological polar surface area (TPSA) is 174 Å². The van der Waals surface area contributed by atoms with E-state index in [9.17, 15) is 22.8 Å². The number of β-lactam (4-membered cyclic amide) rings is 1. The molecule has 2 aliphatic rings. The van der Waals surface area contributed by atoms with E-state index in [0.29, 0.717) is 28.8 Å². The van der Waals surface area contributed by atoms with Crippen LogP contribution in [0.2, 0.25) is 0 Å². The molecule has 2 saturated heterocycles. The lowest BCUT2D eigenvalue weighted by molar-refractivity contribution is -0.143. The van der Waals surface area contributed by atoms with Crippen LogP contribution in [0.1, 0.15) is 6.42 Å². The molecule has 1 aromatic rings. The van der Waals surface area contributed by atoms with Gasteiger partial charge in [-0.3, -0.25) is 9.35 Å². The summed E-state index contributed by atoms with van der Waals surface area (Å²) in [5.41, 5.74) is 6.23. The molecule has 5 amide bonds. The second kappa shape index (κ2) is 7.61. The monoisotopic (exact) mass is 412 g/mol. The Kier molecular flexibility index (Phi) is 5.40. The van der Waals surface area contributed by atoms with Crippen LogP contribution in [0, 0.1) is 0 Å². The van der Waals surface area contributed by atoms with Gasteiger partial charge < -0.3 is 26.6 Å². The average molecular weight is 412 g/mol. The fourth-order valence-electron chi connectivity index (χ4n) is 3.24. The maximum atomic E-state index is 12.4. The summed E-state index contributed by atoms with van der Waals surface area (Å²) in [5.74, 6) is -0.830. The molecule has 28 heavy (non-hydrogen) atoms. The number of carbonyl (C=O) groups excluding carboxylic acids is 3. The summed E-state index contributed by atoms with van der Waals surface area (Å²) >= 11 is 0. The molecule has 2 aliphatic heterocycles. The van der Waals surface area contributed by atoms with Crippen molar-refractivity contribution in [1.82, 2.24) is 14.5 Å². The molecule has 2 fully saturated rings. The maximum Gasteiger partial charge on any atom is 0.362 e. The molecular formula is C15H20N6O6S. The van der Waals surface area contributed by atoms with Crippen molar-refractivity contribution in [1.29, 1.82) is 0 Å². The number of nitrogens with zero attached hydrogens (tertiary/aromatic N) is 2. The Balaban J connectivity index is 1.57. The van der Waals surface area contributed by atoms with Gasteiger partial charge in [0.15, 0.2) is 0 Å². The molecule has 13 heteroatoms. The third-order valence-corrected chi connectivity index (χ3v) is 5.42. The molecule has 6 N–H and O–H groups in total. The molecule has 0 saturated carbocycles. The van der Waals surface area contributed by atoms with Crippen molar-refractivity contribution in [3.05, 3.63) is 24.3 Å². The summed E-state index contributed by atoms with van der Waals surface area (Å²) in [6, 6.07) is 3.68. The van der Waals surface area contributed by atoms with E-state index in [1.54, 1.807) is 24.3 Å². The molecule has 0 unspecified atom stereocenters. The van der Waals surface area contributed by atoms with Crippen LogP contribution in [0.4, 0.5) is 21.0 Å². The third-order valence-electron chi connectivity index (χ3n) is 4.47. The number of carbonyl (C=O) groups is 3. The van der Waals surface area contributed by atoms with Crippen molar-refractivity contribution in [2.45, 2.75) is 18.5 Å². The summed E-state index contributed by atoms with van der Waals surface area (Å²) in [7, 11) is -4.62. The van der Waals surface area contributed by atoms with E-state index < -0.39 is 40.4 Å². The van der Waals surface area contributed by atoms with Crippen molar-refractivity contribution in [3.63, 3.8) is 0 Å². The van der Waals surface area contributed by atoms with Gasteiger partial charge in [-0.15, -0.1) is 0 Å². The lowest BCUT2D eigenvalue weighted by atomic mass is 10.0. The molecule has 152 valence electrons. The van der Waals surface area contributed by atoms with E-state index in [-0.39, 0.29) is 13.0 Å². The molecule has 0 aromatic heterocycles. The number of amides is 5.